The van der Waals surface area contributed by atoms with Crippen LogP contribution in [0, 0.1) is 18.7 Å². The van der Waals surface area contributed by atoms with Crippen molar-refractivity contribution in [1.82, 2.24) is 5.32 Å². The smallest absolute Gasteiger partial charge is 0.334 e. The van der Waals surface area contributed by atoms with Gasteiger partial charge in [-0.3, -0.25) is 4.79 Å². The molecule has 2 rings (SSSR count). The van der Waals surface area contributed by atoms with Crippen LogP contribution in [0.5, 0.6) is 5.75 Å². The summed E-state index contributed by atoms with van der Waals surface area (Å²) in [6, 6.07) is 11.8. The van der Waals surface area contributed by atoms with Crippen LogP contribution in [0.2, 0.25) is 0 Å². The van der Waals surface area contributed by atoms with E-state index in [4.69, 9.17) is 4.74 Å². The minimum atomic E-state index is -0.876. The molecule has 0 aromatic heterocycles. The molecule has 5 heteroatoms. The first kappa shape index (κ1) is 17.7. The molecule has 1 atom stereocenters. The second-order valence-corrected chi connectivity index (χ2v) is 5.91. The van der Waals surface area contributed by atoms with E-state index in [1.165, 1.54) is 18.2 Å². The van der Waals surface area contributed by atoms with Gasteiger partial charge in [0, 0.05) is 0 Å². The minimum absolute atomic E-state index is 0.105. The number of carbonyl (C=O) groups is 2. The van der Waals surface area contributed by atoms with Gasteiger partial charge in [0.2, 0.25) is 0 Å². The summed E-state index contributed by atoms with van der Waals surface area (Å²) in [4.78, 5) is 24.6. The highest BCUT2D eigenvalue weighted by Gasteiger charge is 2.27. The maximum absolute atomic E-state index is 13.7. The van der Waals surface area contributed by atoms with Gasteiger partial charge in [0.05, 0.1) is 5.56 Å². The molecule has 126 valence electrons. The number of aryl methyl sites for hydroxylation is 1. The Morgan fingerprint density at radius 2 is 1.67 bits per heavy atom. The third-order valence-electron chi connectivity index (χ3n) is 3.57. The zero-order valence-corrected chi connectivity index (χ0v) is 13.9. The van der Waals surface area contributed by atoms with Gasteiger partial charge in [-0.1, -0.05) is 43.7 Å². The maximum atomic E-state index is 13.7. The molecule has 0 radical (unpaired) electrons. The summed E-state index contributed by atoms with van der Waals surface area (Å²) in [7, 11) is 0. The van der Waals surface area contributed by atoms with Gasteiger partial charge in [0.15, 0.2) is 0 Å². The molecule has 0 heterocycles. The van der Waals surface area contributed by atoms with E-state index in [1.807, 2.05) is 19.1 Å². The Morgan fingerprint density at radius 1 is 1.04 bits per heavy atom. The Kier molecular flexibility index (Phi) is 5.68. The van der Waals surface area contributed by atoms with Crippen molar-refractivity contribution in [1.29, 1.82) is 0 Å². The van der Waals surface area contributed by atoms with Crippen molar-refractivity contribution in [2.45, 2.75) is 26.8 Å². The number of hydrogen-bond donors (Lipinski definition) is 1. The second-order valence-electron chi connectivity index (χ2n) is 5.91. The molecule has 0 aliphatic rings. The third kappa shape index (κ3) is 4.41. The van der Waals surface area contributed by atoms with Crippen LogP contribution in [-0.4, -0.2) is 17.9 Å². The van der Waals surface area contributed by atoms with E-state index >= 15 is 0 Å². The molecule has 0 saturated carbocycles. The number of benzene rings is 2. The van der Waals surface area contributed by atoms with Crippen molar-refractivity contribution >= 4 is 11.9 Å². The van der Waals surface area contributed by atoms with E-state index in [9.17, 15) is 14.0 Å². The minimum Gasteiger partial charge on any atom is -0.425 e. The summed E-state index contributed by atoms with van der Waals surface area (Å²) in [5.41, 5.74) is 0.939. The first-order valence-corrected chi connectivity index (χ1v) is 7.72. The number of esters is 1. The molecule has 2 aromatic carbocycles. The number of halogens is 1. The molecule has 0 unspecified atom stereocenters. The lowest BCUT2D eigenvalue weighted by Gasteiger charge is -2.21. The normalized spacial score (nSPS) is 11.9. The predicted molar refractivity (Wildman–Crippen MR) is 89.3 cm³/mol. The first-order valence-electron chi connectivity index (χ1n) is 7.72. The highest BCUT2D eigenvalue weighted by molar-refractivity contribution is 5.97. The highest BCUT2D eigenvalue weighted by atomic mass is 19.1. The first-order chi connectivity index (χ1) is 11.4. The Balaban J connectivity index is 2.11. The van der Waals surface area contributed by atoms with Crippen LogP contribution in [0.25, 0.3) is 0 Å². The quantitative estimate of drug-likeness (QED) is 0.675. The molecule has 4 nitrogen and oxygen atoms in total. The topological polar surface area (TPSA) is 55.4 Å². The van der Waals surface area contributed by atoms with E-state index in [1.54, 1.807) is 32.0 Å². The lowest BCUT2D eigenvalue weighted by molar-refractivity contribution is -0.137. The average Bonchev–Trinajstić information content (AvgIpc) is 2.54. The zero-order valence-electron chi connectivity index (χ0n) is 13.9. The van der Waals surface area contributed by atoms with Crippen molar-refractivity contribution in [2.24, 2.45) is 5.92 Å². The van der Waals surface area contributed by atoms with Gasteiger partial charge in [-0.15, -0.1) is 0 Å². The van der Waals surface area contributed by atoms with Crippen molar-refractivity contribution < 1.29 is 18.7 Å². The number of amides is 1. The van der Waals surface area contributed by atoms with Crippen LogP contribution < -0.4 is 10.1 Å². The fourth-order valence-corrected chi connectivity index (χ4v) is 2.15. The predicted octanol–water partition coefficient (Wildman–Crippen LogP) is 3.49. The highest BCUT2D eigenvalue weighted by Crippen LogP contribution is 2.15. The number of nitrogens with one attached hydrogen (secondary N) is 1. The Bertz CT molecular complexity index is 726. The van der Waals surface area contributed by atoms with Gasteiger partial charge in [-0.2, -0.15) is 0 Å². The zero-order chi connectivity index (χ0) is 17.7. The van der Waals surface area contributed by atoms with Gasteiger partial charge in [-0.05, 0) is 37.1 Å². The lowest BCUT2D eigenvalue weighted by Crippen LogP contribution is -2.46. The van der Waals surface area contributed by atoms with Gasteiger partial charge >= 0.3 is 5.97 Å². The molecule has 0 saturated heterocycles. The molecule has 0 spiro atoms. The Labute approximate surface area is 140 Å². The molecule has 0 aliphatic heterocycles. The maximum Gasteiger partial charge on any atom is 0.334 e. The molecule has 0 fully saturated rings. The summed E-state index contributed by atoms with van der Waals surface area (Å²) in [6.07, 6.45) is 0. The molecule has 2 aromatic rings. The molecule has 0 aliphatic carbocycles. The number of carbonyl (C=O) groups excluding carboxylic acids is 2. The van der Waals surface area contributed by atoms with Crippen molar-refractivity contribution in [2.75, 3.05) is 0 Å². The standard InChI is InChI=1S/C19H20FNO3/c1-12(2)17(19(23)24-14-10-8-13(3)9-11-14)21-18(22)15-6-4-5-7-16(15)20/h4-12,17H,1-3H3,(H,21,22)/t17-/m0/s1. The summed E-state index contributed by atoms with van der Waals surface area (Å²) in [5, 5.41) is 2.55. The van der Waals surface area contributed by atoms with E-state index in [2.05, 4.69) is 5.32 Å². The summed E-state index contributed by atoms with van der Waals surface area (Å²) >= 11 is 0. The summed E-state index contributed by atoms with van der Waals surface area (Å²) < 4.78 is 19.0. The third-order valence-corrected chi connectivity index (χ3v) is 3.57. The van der Waals surface area contributed by atoms with Crippen molar-refractivity contribution in [3.63, 3.8) is 0 Å². The van der Waals surface area contributed by atoms with Crippen LogP contribution in [0.3, 0.4) is 0 Å². The fourth-order valence-electron chi connectivity index (χ4n) is 2.15. The summed E-state index contributed by atoms with van der Waals surface area (Å²) in [6.45, 7) is 5.49. The van der Waals surface area contributed by atoms with Crippen LogP contribution in [0.4, 0.5) is 4.39 Å². The lowest BCUT2D eigenvalue weighted by atomic mass is 10.0. The van der Waals surface area contributed by atoms with Crippen molar-refractivity contribution in [3.05, 3.63) is 65.5 Å². The van der Waals surface area contributed by atoms with Gasteiger partial charge in [0.1, 0.15) is 17.6 Å². The molecule has 1 amide bonds. The second kappa shape index (κ2) is 7.73. The number of rotatable bonds is 5. The number of hydrogen-bond acceptors (Lipinski definition) is 3. The van der Waals surface area contributed by atoms with Gasteiger partial charge < -0.3 is 10.1 Å². The largest absolute Gasteiger partial charge is 0.425 e. The molecule has 24 heavy (non-hydrogen) atoms. The van der Waals surface area contributed by atoms with E-state index in [0.717, 1.165) is 5.56 Å². The monoisotopic (exact) mass is 329 g/mol. The fraction of sp³-hybridized carbons (Fsp3) is 0.263. The van der Waals surface area contributed by atoms with Gasteiger partial charge in [-0.25, -0.2) is 9.18 Å². The van der Waals surface area contributed by atoms with Crippen molar-refractivity contribution in [3.8, 4) is 5.75 Å². The molecular weight excluding hydrogens is 309 g/mol. The van der Waals surface area contributed by atoms with Crippen LogP contribution in [0.1, 0.15) is 29.8 Å². The Hall–Kier alpha value is -2.69. The van der Waals surface area contributed by atoms with Crippen LogP contribution >= 0.6 is 0 Å². The van der Waals surface area contributed by atoms with E-state index in [0.29, 0.717) is 5.75 Å². The Morgan fingerprint density at radius 3 is 2.25 bits per heavy atom. The number of ether oxygens (including phenoxy) is 1. The van der Waals surface area contributed by atoms with Gasteiger partial charge in [0.25, 0.3) is 5.91 Å². The molecule has 1 N–H and O–H groups in total. The van der Waals surface area contributed by atoms with E-state index < -0.39 is 23.7 Å². The molecule has 0 bridgehead atoms. The summed E-state index contributed by atoms with van der Waals surface area (Å²) in [5.74, 6) is -1.68. The average molecular weight is 329 g/mol. The van der Waals surface area contributed by atoms with Crippen LogP contribution in [-0.2, 0) is 4.79 Å². The van der Waals surface area contributed by atoms with Crippen LogP contribution in [0.15, 0.2) is 48.5 Å². The van der Waals surface area contributed by atoms with E-state index in [-0.39, 0.29) is 11.5 Å². The molecular formula is C19H20FNO3. The SMILES string of the molecule is Cc1ccc(OC(=O)[C@@H](NC(=O)c2ccccc2F)C(C)C)cc1.